The highest BCUT2D eigenvalue weighted by atomic mass is 35.5. The number of carbonyl (C=O) groups excluding carboxylic acids is 1. The lowest BCUT2D eigenvalue weighted by molar-refractivity contribution is 0.103. The Morgan fingerprint density at radius 2 is 1.88 bits per heavy atom. The van der Waals surface area contributed by atoms with Crippen molar-refractivity contribution in [2.45, 2.75) is 6.61 Å². The summed E-state index contributed by atoms with van der Waals surface area (Å²) in [5.74, 6) is -1.25. The van der Waals surface area contributed by atoms with Crippen molar-refractivity contribution in [3.05, 3.63) is 87.5 Å². The van der Waals surface area contributed by atoms with E-state index in [1.807, 2.05) is 6.26 Å². The summed E-state index contributed by atoms with van der Waals surface area (Å²) >= 11 is 8.75. The molecule has 0 fully saturated rings. The Bertz CT molecular complexity index is 1340. The van der Waals surface area contributed by atoms with Crippen LogP contribution in [-0.4, -0.2) is 22.1 Å². The molecule has 0 saturated carbocycles. The van der Waals surface area contributed by atoms with E-state index in [0.717, 1.165) is 18.1 Å². The van der Waals surface area contributed by atoms with Crippen molar-refractivity contribution in [1.82, 2.24) is 9.97 Å². The van der Waals surface area contributed by atoms with Gasteiger partial charge in [-0.15, -0.1) is 11.3 Å². The second kappa shape index (κ2) is 10.8. The van der Waals surface area contributed by atoms with Crippen molar-refractivity contribution >= 4 is 52.2 Å². The lowest BCUT2D eigenvalue weighted by Gasteiger charge is -2.10. The van der Waals surface area contributed by atoms with Crippen molar-refractivity contribution in [3.8, 4) is 17.0 Å². The number of hydrogen-bond donors (Lipinski definition) is 2. The van der Waals surface area contributed by atoms with E-state index < -0.39 is 11.6 Å². The molecule has 0 spiro atoms. The minimum absolute atomic E-state index is 0.0262. The summed E-state index contributed by atoms with van der Waals surface area (Å²) in [6.45, 7) is -0.0262. The molecule has 0 radical (unpaired) electrons. The fourth-order valence-corrected chi connectivity index (χ4v) is 4.43. The van der Waals surface area contributed by atoms with Crippen LogP contribution in [0.4, 0.5) is 20.2 Å². The molecule has 3 aromatic heterocycles. The summed E-state index contributed by atoms with van der Waals surface area (Å²) < 4.78 is 36.0. The van der Waals surface area contributed by atoms with E-state index in [9.17, 15) is 13.6 Å². The van der Waals surface area contributed by atoms with Gasteiger partial charge in [-0.25, -0.2) is 13.8 Å². The number of thiophene rings is 1. The van der Waals surface area contributed by atoms with Crippen molar-refractivity contribution < 1.29 is 18.3 Å². The largest absolute Gasteiger partial charge is 0.486 e. The van der Waals surface area contributed by atoms with Crippen LogP contribution in [0.25, 0.3) is 11.3 Å². The highest BCUT2D eigenvalue weighted by molar-refractivity contribution is 7.99. The summed E-state index contributed by atoms with van der Waals surface area (Å²) in [4.78, 5) is 21.1. The van der Waals surface area contributed by atoms with Crippen LogP contribution < -0.4 is 14.8 Å². The number of ether oxygens (including phenoxy) is 1. The lowest BCUT2D eigenvalue weighted by Crippen LogP contribution is -2.10. The van der Waals surface area contributed by atoms with Gasteiger partial charge < -0.3 is 14.8 Å². The highest BCUT2D eigenvalue weighted by Gasteiger charge is 2.16. The molecule has 0 bridgehead atoms. The van der Waals surface area contributed by atoms with Crippen molar-refractivity contribution in [3.63, 3.8) is 0 Å². The Labute approximate surface area is 207 Å². The third-order valence-corrected chi connectivity index (χ3v) is 6.03. The maximum Gasteiger partial charge on any atom is 0.265 e. The number of nitrogens with one attached hydrogen (secondary N) is 2. The first-order valence-electron chi connectivity index (χ1n) is 9.79. The summed E-state index contributed by atoms with van der Waals surface area (Å²) in [6, 6.07) is 9.28. The van der Waals surface area contributed by atoms with Gasteiger partial charge in [-0.1, -0.05) is 23.5 Å². The SMILES string of the molecule is CSNc1cc(Cl)cc(NC(=O)c2cc(-c3ncc(F)cc3OCc3cncc(F)c3)cs2)c1. The first-order chi connectivity index (χ1) is 16.4. The van der Waals surface area contributed by atoms with Crippen molar-refractivity contribution in [1.29, 1.82) is 0 Å². The Morgan fingerprint density at radius 1 is 1.09 bits per heavy atom. The number of pyridine rings is 2. The van der Waals surface area contributed by atoms with Crippen LogP contribution in [0.15, 0.2) is 60.4 Å². The Morgan fingerprint density at radius 3 is 2.68 bits per heavy atom. The van der Waals surface area contributed by atoms with Gasteiger partial charge in [0.05, 0.1) is 17.3 Å². The van der Waals surface area contributed by atoms with Crippen LogP contribution >= 0.6 is 34.9 Å². The molecule has 1 amide bonds. The van der Waals surface area contributed by atoms with Crippen LogP contribution in [0.3, 0.4) is 0 Å². The van der Waals surface area contributed by atoms with Gasteiger partial charge in [0.1, 0.15) is 29.7 Å². The Balaban J connectivity index is 1.53. The molecule has 2 N–H and O–H groups in total. The van der Waals surface area contributed by atoms with E-state index in [-0.39, 0.29) is 18.3 Å². The second-order valence-electron chi connectivity index (χ2n) is 6.99. The van der Waals surface area contributed by atoms with Gasteiger partial charge in [0.15, 0.2) is 0 Å². The number of hydrogen-bond acceptors (Lipinski definition) is 7. The smallest absolute Gasteiger partial charge is 0.265 e. The molecule has 4 rings (SSSR count). The normalized spacial score (nSPS) is 10.7. The van der Waals surface area contributed by atoms with Crippen molar-refractivity contribution in [2.24, 2.45) is 0 Å². The molecule has 3 heterocycles. The van der Waals surface area contributed by atoms with Gasteiger partial charge in [0, 0.05) is 51.4 Å². The number of rotatable bonds is 8. The summed E-state index contributed by atoms with van der Waals surface area (Å²) in [7, 11) is 0. The molecular formula is C23H17ClF2N4O2S2. The van der Waals surface area contributed by atoms with Gasteiger partial charge in [-0.3, -0.25) is 9.78 Å². The first kappa shape index (κ1) is 23.9. The van der Waals surface area contributed by atoms with Crippen LogP contribution in [-0.2, 0) is 6.61 Å². The van der Waals surface area contributed by atoms with Gasteiger partial charge >= 0.3 is 0 Å². The minimum Gasteiger partial charge on any atom is -0.486 e. The van der Waals surface area contributed by atoms with Crippen LogP contribution in [0, 0.1) is 11.6 Å². The average molecular weight is 519 g/mol. The monoisotopic (exact) mass is 518 g/mol. The predicted octanol–water partition coefficient (Wildman–Crippen LogP) is 6.66. The summed E-state index contributed by atoms with van der Waals surface area (Å²) in [5, 5.41) is 5.03. The molecule has 0 unspecified atom stereocenters. The number of benzene rings is 1. The second-order valence-corrected chi connectivity index (χ2v) is 8.95. The van der Waals surface area contributed by atoms with Crippen molar-refractivity contribution in [2.75, 3.05) is 16.3 Å². The molecule has 0 aliphatic rings. The quantitative estimate of drug-likeness (QED) is 0.254. The van der Waals surface area contributed by atoms with E-state index >= 15 is 0 Å². The highest BCUT2D eigenvalue weighted by Crippen LogP contribution is 2.33. The van der Waals surface area contributed by atoms with E-state index in [2.05, 4.69) is 20.0 Å². The fraction of sp³-hybridized carbons (Fsp3) is 0.0870. The van der Waals surface area contributed by atoms with Gasteiger partial charge in [-0.05, 0) is 30.3 Å². The molecule has 0 atom stereocenters. The number of aromatic nitrogens is 2. The molecular weight excluding hydrogens is 502 g/mol. The predicted molar refractivity (Wildman–Crippen MR) is 133 cm³/mol. The minimum atomic E-state index is -0.583. The van der Waals surface area contributed by atoms with Crippen LogP contribution in [0.5, 0.6) is 5.75 Å². The summed E-state index contributed by atoms with van der Waals surface area (Å²) in [5.41, 5.74) is 2.72. The maximum atomic E-state index is 13.9. The third-order valence-electron chi connectivity index (χ3n) is 4.45. The molecule has 4 aromatic rings. The standard InChI is InChI=1S/C23H17ClF2N4O2S2/c1-33-30-19-5-15(24)4-18(7-19)29-23(31)21-3-14(12-34-21)22-20(6-17(26)10-28-22)32-11-13-2-16(25)9-27-8-13/h2-10,12,30H,11H2,1H3,(H,29,31). The molecule has 174 valence electrons. The molecule has 34 heavy (non-hydrogen) atoms. The van der Waals surface area contributed by atoms with Gasteiger partial charge in [-0.2, -0.15) is 0 Å². The molecule has 11 heteroatoms. The molecule has 1 aromatic carbocycles. The van der Waals surface area contributed by atoms with Gasteiger partial charge in [0.2, 0.25) is 0 Å². The first-order valence-corrected chi connectivity index (χ1v) is 12.3. The number of anilines is 2. The topological polar surface area (TPSA) is 76.1 Å². The lowest BCUT2D eigenvalue weighted by atomic mass is 10.2. The zero-order valence-electron chi connectivity index (χ0n) is 17.6. The Kier molecular flexibility index (Phi) is 7.61. The zero-order valence-corrected chi connectivity index (χ0v) is 20.0. The van der Waals surface area contributed by atoms with Gasteiger partial charge in [0.25, 0.3) is 5.91 Å². The van der Waals surface area contributed by atoms with E-state index in [1.54, 1.807) is 29.6 Å². The third kappa shape index (κ3) is 6.02. The number of amides is 1. The van der Waals surface area contributed by atoms with E-state index in [0.29, 0.717) is 32.4 Å². The van der Waals surface area contributed by atoms with Crippen LogP contribution in [0.2, 0.25) is 5.02 Å². The zero-order chi connectivity index (χ0) is 24.1. The molecule has 6 nitrogen and oxygen atoms in total. The molecule has 0 saturated heterocycles. The number of nitrogens with zero attached hydrogens (tertiary/aromatic N) is 2. The molecule has 0 aliphatic heterocycles. The van der Waals surface area contributed by atoms with E-state index in [4.69, 9.17) is 16.3 Å². The average Bonchev–Trinajstić information content (AvgIpc) is 3.28. The van der Waals surface area contributed by atoms with E-state index in [1.165, 1.54) is 41.6 Å². The fourth-order valence-electron chi connectivity index (χ4n) is 3.05. The maximum absolute atomic E-state index is 13.9. The number of carbonyl (C=O) groups is 1. The van der Waals surface area contributed by atoms with Crippen LogP contribution in [0.1, 0.15) is 15.2 Å². The summed E-state index contributed by atoms with van der Waals surface area (Å²) in [6.07, 6.45) is 5.48. The molecule has 0 aliphatic carbocycles. The Hall–Kier alpha value is -3.21. The number of halogens is 3.